The van der Waals surface area contributed by atoms with Crippen molar-refractivity contribution in [1.29, 1.82) is 0 Å². The monoisotopic (exact) mass is 346 g/mol. The van der Waals surface area contributed by atoms with E-state index in [0.717, 1.165) is 5.56 Å². The molecule has 0 aliphatic heterocycles. The molecule has 0 N–H and O–H groups in total. The smallest absolute Gasteiger partial charge is 0.343 e. The summed E-state index contributed by atoms with van der Waals surface area (Å²) in [5, 5.41) is 0.328. The van der Waals surface area contributed by atoms with Gasteiger partial charge in [0.1, 0.15) is 11.3 Å². The fourth-order valence-electron chi connectivity index (χ4n) is 2.59. The van der Waals surface area contributed by atoms with Crippen molar-refractivity contribution in [2.45, 2.75) is 6.92 Å². The van der Waals surface area contributed by atoms with Crippen LogP contribution in [0, 0.1) is 6.92 Å². The second kappa shape index (κ2) is 6.37. The normalized spacial score (nSPS) is 10.8. The molecule has 5 heteroatoms. The molecule has 0 amide bonds. The Balaban J connectivity index is 1.66. The van der Waals surface area contributed by atoms with E-state index in [1.807, 2.05) is 19.1 Å². The lowest BCUT2D eigenvalue weighted by Crippen LogP contribution is -2.09. The maximum atomic E-state index is 12.4. The number of rotatable bonds is 3. The van der Waals surface area contributed by atoms with Crippen LogP contribution >= 0.6 is 0 Å². The summed E-state index contributed by atoms with van der Waals surface area (Å²) in [6.45, 7) is 1.94. The van der Waals surface area contributed by atoms with Crippen LogP contribution in [0.1, 0.15) is 15.9 Å². The molecule has 2 aromatic heterocycles. The Bertz CT molecular complexity index is 1140. The first kappa shape index (κ1) is 15.9. The first-order valence-electron chi connectivity index (χ1n) is 8.01. The highest BCUT2D eigenvalue weighted by atomic mass is 16.5. The number of ether oxygens (including phenoxy) is 1. The van der Waals surface area contributed by atoms with E-state index in [0.29, 0.717) is 28.1 Å². The van der Waals surface area contributed by atoms with Gasteiger partial charge in [-0.1, -0.05) is 17.7 Å². The van der Waals surface area contributed by atoms with Crippen LogP contribution in [0.15, 0.2) is 80.6 Å². The van der Waals surface area contributed by atoms with Crippen LogP contribution in [0.4, 0.5) is 0 Å². The molecule has 2 aromatic carbocycles. The van der Waals surface area contributed by atoms with E-state index in [1.54, 1.807) is 36.4 Å². The van der Waals surface area contributed by atoms with E-state index in [4.69, 9.17) is 13.6 Å². The highest BCUT2D eigenvalue weighted by Crippen LogP contribution is 2.25. The number of carbonyl (C=O) groups is 1. The first-order chi connectivity index (χ1) is 12.6. The molecule has 5 nitrogen and oxygen atoms in total. The Labute approximate surface area is 148 Å². The van der Waals surface area contributed by atoms with Crippen molar-refractivity contribution in [3.05, 3.63) is 88.3 Å². The summed E-state index contributed by atoms with van der Waals surface area (Å²) >= 11 is 0. The SMILES string of the molecule is Cc1ccc(C(=O)Oc2ccc3oc(-c4ccco4)cc(=O)c3c2)cc1. The highest BCUT2D eigenvalue weighted by Gasteiger charge is 2.12. The fraction of sp³-hybridized carbons (Fsp3) is 0.0476. The van der Waals surface area contributed by atoms with Gasteiger partial charge in [-0.05, 0) is 49.4 Å². The summed E-state index contributed by atoms with van der Waals surface area (Å²) in [7, 11) is 0. The van der Waals surface area contributed by atoms with Crippen molar-refractivity contribution in [3.8, 4) is 17.3 Å². The van der Waals surface area contributed by atoms with Gasteiger partial charge in [-0.25, -0.2) is 4.79 Å². The first-order valence-corrected chi connectivity index (χ1v) is 8.01. The van der Waals surface area contributed by atoms with Gasteiger partial charge in [0.2, 0.25) is 0 Å². The van der Waals surface area contributed by atoms with E-state index < -0.39 is 5.97 Å². The Morgan fingerprint density at radius 2 is 1.77 bits per heavy atom. The maximum absolute atomic E-state index is 12.4. The van der Waals surface area contributed by atoms with Gasteiger partial charge in [0.15, 0.2) is 16.9 Å². The number of aryl methyl sites for hydroxylation is 1. The van der Waals surface area contributed by atoms with Crippen LogP contribution in [0.25, 0.3) is 22.5 Å². The van der Waals surface area contributed by atoms with E-state index in [2.05, 4.69) is 0 Å². The zero-order chi connectivity index (χ0) is 18.1. The van der Waals surface area contributed by atoms with Crippen LogP contribution in [-0.2, 0) is 0 Å². The van der Waals surface area contributed by atoms with Gasteiger partial charge in [-0.15, -0.1) is 0 Å². The summed E-state index contributed by atoms with van der Waals surface area (Å²) in [5.74, 6) is 0.609. The molecule has 0 atom stereocenters. The number of hydrogen-bond donors (Lipinski definition) is 0. The molecule has 0 aliphatic carbocycles. The minimum Gasteiger partial charge on any atom is -0.461 e. The third kappa shape index (κ3) is 3.02. The second-order valence-electron chi connectivity index (χ2n) is 5.87. The Morgan fingerprint density at radius 1 is 0.962 bits per heavy atom. The van der Waals surface area contributed by atoms with E-state index >= 15 is 0 Å². The summed E-state index contributed by atoms with van der Waals surface area (Å²) in [5.41, 5.74) is 1.64. The molecular formula is C21H14O5. The molecule has 0 radical (unpaired) electrons. The number of hydrogen-bond acceptors (Lipinski definition) is 5. The molecule has 0 saturated heterocycles. The van der Waals surface area contributed by atoms with Gasteiger partial charge >= 0.3 is 5.97 Å². The Hall–Kier alpha value is -3.60. The summed E-state index contributed by atoms with van der Waals surface area (Å²) < 4.78 is 16.3. The molecule has 0 aliphatic rings. The molecule has 4 rings (SSSR count). The summed E-state index contributed by atoms with van der Waals surface area (Å²) in [6.07, 6.45) is 1.51. The molecule has 0 unspecified atom stereocenters. The van der Waals surface area contributed by atoms with E-state index in [-0.39, 0.29) is 11.2 Å². The van der Waals surface area contributed by atoms with Crippen molar-refractivity contribution in [2.24, 2.45) is 0 Å². The van der Waals surface area contributed by atoms with Crippen molar-refractivity contribution >= 4 is 16.9 Å². The zero-order valence-corrected chi connectivity index (χ0v) is 13.9. The van der Waals surface area contributed by atoms with Gasteiger partial charge in [-0.2, -0.15) is 0 Å². The Kier molecular flexibility index (Phi) is 3.89. The number of furan rings is 1. The molecule has 0 saturated carbocycles. The lowest BCUT2D eigenvalue weighted by atomic mass is 10.1. The maximum Gasteiger partial charge on any atom is 0.343 e. The van der Waals surface area contributed by atoms with Crippen molar-refractivity contribution in [2.75, 3.05) is 0 Å². The molecule has 0 bridgehead atoms. The number of esters is 1. The van der Waals surface area contributed by atoms with Crippen LogP contribution in [0.2, 0.25) is 0 Å². The molecule has 2 heterocycles. The third-order valence-electron chi connectivity index (χ3n) is 3.96. The molecule has 128 valence electrons. The van der Waals surface area contributed by atoms with E-state index in [1.165, 1.54) is 18.4 Å². The Morgan fingerprint density at radius 3 is 2.50 bits per heavy atom. The van der Waals surface area contributed by atoms with Gasteiger partial charge in [0.05, 0.1) is 17.2 Å². The number of benzene rings is 2. The lowest BCUT2D eigenvalue weighted by molar-refractivity contribution is 0.0735. The zero-order valence-electron chi connectivity index (χ0n) is 13.9. The van der Waals surface area contributed by atoms with E-state index in [9.17, 15) is 9.59 Å². The van der Waals surface area contributed by atoms with Gasteiger partial charge in [-0.3, -0.25) is 4.79 Å². The van der Waals surface area contributed by atoms with Crippen LogP contribution < -0.4 is 10.2 Å². The van der Waals surface area contributed by atoms with Crippen molar-refractivity contribution < 1.29 is 18.4 Å². The molecular weight excluding hydrogens is 332 g/mol. The quantitative estimate of drug-likeness (QED) is 0.401. The lowest BCUT2D eigenvalue weighted by Gasteiger charge is -2.06. The minimum absolute atomic E-state index is 0.245. The second-order valence-corrected chi connectivity index (χ2v) is 5.87. The van der Waals surface area contributed by atoms with Gasteiger partial charge in [0.25, 0.3) is 0 Å². The molecule has 0 spiro atoms. The number of fused-ring (bicyclic) bond motifs is 1. The third-order valence-corrected chi connectivity index (χ3v) is 3.96. The van der Waals surface area contributed by atoms with Crippen LogP contribution in [0.3, 0.4) is 0 Å². The summed E-state index contributed by atoms with van der Waals surface area (Å²) in [6, 6.07) is 16.5. The fourth-order valence-corrected chi connectivity index (χ4v) is 2.59. The molecule has 4 aromatic rings. The highest BCUT2D eigenvalue weighted by molar-refractivity contribution is 5.91. The molecule has 26 heavy (non-hydrogen) atoms. The van der Waals surface area contributed by atoms with Gasteiger partial charge in [0, 0.05) is 6.07 Å². The average molecular weight is 346 g/mol. The van der Waals surface area contributed by atoms with Crippen LogP contribution in [-0.4, -0.2) is 5.97 Å². The van der Waals surface area contributed by atoms with Gasteiger partial charge < -0.3 is 13.6 Å². The predicted molar refractivity (Wildman–Crippen MR) is 96.3 cm³/mol. The average Bonchev–Trinajstić information content (AvgIpc) is 3.17. The number of carbonyl (C=O) groups excluding carboxylic acids is 1. The largest absolute Gasteiger partial charge is 0.461 e. The predicted octanol–water partition coefficient (Wildman–Crippen LogP) is 4.58. The molecule has 0 fully saturated rings. The standard InChI is InChI=1S/C21H14O5/c1-13-4-6-14(7-5-13)21(23)25-15-8-9-18-16(11-15)17(22)12-20(26-18)19-3-2-10-24-19/h2-12H,1H3. The van der Waals surface area contributed by atoms with Crippen LogP contribution in [0.5, 0.6) is 5.75 Å². The van der Waals surface area contributed by atoms with Crippen molar-refractivity contribution in [3.63, 3.8) is 0 Å². The van der Waals surface area contributed by atoms with Crippen molar-refractivity contribution in [1.82, 2.24) is 0 Å². The summed E-state index contributed by atoms with van der Waals surface area (Å²) in [4.78, 5) is 24.6. The topological polar surface area (TPSA) is 69.7 Å². The minimum atomic E-state index is -0.485.